The molecule has 0 heterocycles. The van der Waals surface area contributed by atoms with Crippen molar-refractivity contribution in [1.29, 1.82) is 0 Å². The largest absolute Gasteiger partial charge is 0.497 e. The number of ether oxygens (including phenoxy) is 3. The van der Waals surface area contributed by atoms with Crippen LogP contribution in [0.25, 0.3) is 0 Å². The van der Waals surface area contributed by atoms with Crippen molar-refractivity contribution in [2.75, 3.05) is 40.6 Å². The summed E-state index contributed by atoms with van der Waals surface area (Å²) in [6.07, 6.45) is -0.521. The molecule has 0 amide bonds. The van der Waals surface area contributed by atoms with Gasteiger partial charge in [0, 0.05) is 19.7 Å². The van der Waals surface area contributed by atoms with E-state index in [1.54, 1.807) is 14.2 Å². The molecule has 2 N–H and O–H groups in total. The van der Waals surface area contributed by atoms with Crippen molar-refractivity contribution in [2.24, 2.45) is 0 Å². The molecular formula is C15H25NO4. The van der Waals surface area contributed by atoms with Gasteiger partial charge in [-0.25, -0.2) is 0 Å². The molecule has 2 unspecified atom stereocenters. The third kappa shape index (κ3) is 6.34. The lowest BCUT2D eigenvalue weighted by atomic mass is 10.1. The van der Waals surface area contributed by atoms with E-state index in [0.29, 0.717) is 26.4 Å². The Bertz CT molecular complexity index is 355. The molecule has 1 aromatic rings. The molecule has 0 radical (unpaired) electrons. The first-order chi connectivity index (χ1) is 9.67. The lowest BCUT2D eigenvalue weighted by Crippen LogP contribution is -2.32. The maximum absolute atomic E-state index is 9.78. The quantitative estimate of drug-likeness (QED) is 0.635. The monoisotopic (exact) mass is 283 g/mol. The van der Waals surface area contributed by atoms with E-state index in [2.05, 4.69) is 12.2 Å². The molecule has 0 saturated carbocycles. The molecule has 0 aliphatic heterocycles. The lowest BCUT2D eigenvalue weighted by Gasteiger charge is -2.18. The minimum atomic E-state index is -0.521. The Morgan fingerprint density at radius 3 is 2.45 bits per heavy atom. The van der Waals surface area contributed by atoms with Gasteiger partial charge < -0.3 is 24.6 Å². The van der Waals surface area contributed by atoms with Crippen molar-refractivity contribution in [3.8, 4) is 5.75 Å². The minimum Gasteiger partial charge on any atom is -0.497 e. The van der Waals surface area contributed by atoms with Crippen LogP contribution >= 0.6 is 0 Å². The van der Waals surface area contributed by atoms with Gasteiger partial charge in [0.2, 0.25) is 0 Å². The fraction of sp³-hybridized carbons (Fsp3) is 0.600. The summed E-state index contributed by atoms with van der Waals surface area (Å²) < 4.78 is 15.3. The van der Waals surface area contributed by atoms with Crippen LogP contribution in [0.4, 0.5) is 0 Å². The average molecular weight is 283 g/mol. The van der Waals surface area contributed by atoms with Gasteiger partial charge in [-0.2, -0.15) is 0 Å². The number of aliphatic hydroxyl groups excluding tert-OH is 1. The fourth-order valence-electron chi connectivity index (χ4n) is 1.74. The summed E-state index contributed by atoms with van der Waals surface area (Å²) in [6.45, 7) is 3.90. The molecule has 0 saturated heterocycles. The summed E-state index contributed by atoms with van der Waals surface area (Å²) in [5.41, 5.74) is 1.15. The first-order valence-electron chi connectivity index (χ1n) is 6.79. The fourth-order valence-corrected chi connectivity index (χ4v) is 1.74. The number of methoxy groups -OCH3 is 2. The van der Waals surface area contributed by atoms with E-state index in [-0.39, 0.29) is 6.04 Å². The number of hydrogen-bond donors (Lipinski definition) is 2. The van der Waals surface area contributed by atoms with Gasteiger partial charge in [0.1, 0.15) is 5.75 Å². The highest BCUT2D eigenvalue weighted by Crippen LogP contribution is 2.17. The third-order valence-corrected chi connectivity index (χ3v) is 3.02. The second-order valence-corrected chi connectivity index (χ2v) is 4.62. The molecule has 5 nitrogen and oxygen atoms in total. The standard InChI is InChI=1S/C15H25NO4/c1-12(13-4-6-15(19-3)7-5-13)16-10-14(17)11-20-9-8-18-2/h4-7,12,14,16-17H,8-11H2,1-3H3. The van der Waals surface area contributed by atoms with E-state index in [0.717, 1.165) is 11.3 Å². The SMILES string of the molecule is COCCOCC(O)CNC(C)c1ccc(OC)cc1. The maximum Gasteiger partial charge on any atom is 0.118 e. The van der Waals surface area contributed by atoms with Crippen LogP contribution in [0.2, 0.25) is 0 Å². The van der Waals surface area contributed by atoms with E-state index in [1.165, 1.54) is 0 Å². The Kier molecular flexibility index (Phi) is 8.22. The number of rotatable bonds is 10. The van der Waals surface area contributed by atoms with Crippen LogP contribution < -0.4 is 10.1 Å². The van der Waals surface area contributed by atoms with Crippen LogP contribution in [0.3, 0.4) is 0 Å². The molecule has 0 aromatic heterocycles. The molecule has 1 aromatic carbocycles. The molecule has 0 bridgehead atoms. The number of benzene rings is 1. The van der Waals surface area contributed by atoms with Gasteiger partial charge in [-0.1, -0.05) is 12.1 Å². The van der Waals surface area contributed by atoms with Crippen LogP contribution in [0, 0.1) is 0 Å². The molecule has 5 heteroatoms. The predicted molar refractivity (Wildman–Crippen MR) is 78.1 cm³/mol. The summed E-state index contributed by atoms with van der Waals surface area (Å²) >= 11 is 0. The Hall–Kier alpha value is -1.14. The number of aliphatic hydroxyl groups is 1. The van der Waals surface area contributed by atoms with E-state index >= 15 is 0 Å². The van der Waals surface area contributed by atoms with Crippen molar-refractivity contribution in [3.63, 3.8) is 0 Å². The second-order valence-electron chi connectivity index (χ2n) is 4.62. The molecule has 0 spiro atoms. The summed E-state index contributed by atoms with van der Waals surface area (Å²) in [5.74, 6) is 0.840. The lowest BCUT2D eigenvalue weighted by molar-refractivity contribution is 0.0130. The molecule has 2 atom stereocenters. The zero-order valence-corrected chi connectivity index (χ0v) is 12.5. The van der Waals surface area contributed by atoms with Crippen LogP contribution in [0.1, 0.15) is 18.5 Å². The zero-order valence-electron chi connectivity index (χ0n) is 12.5. The summed E-state index contributed by atoms with van der Waals surface area (Å²) in [7, 11) is 3.27. The molecular weight excluding hydrogens is 258 g/mol. The smallest absolute Gasteiger partial charge is 0.118 e. The predicted octanol–water partition coefficient (Wildman–Crippen LogP) is 1.37. The van der Waals surface area contributed by atoms with Gasteiger partial charge in [-0.05, 0) is 24.6 Å². The zero-order chi connectivity index (χ0) is 14.8. The van der Waals surface area contributed by atoms with Crippen molar-refractivity contribution in [1.82, 2.24) is 5.32 Å². The highest BCUT2D eigenvalue weighted by molar-refractivity contribution is 5.28. The van der Waals surface area contributed by atoms with Crippen LogP contribution in [-0.2, 0) is 9.47 Å². The van der Waals surface area contributed by atoms with Crippen molar-refractivity contribution in [2.45, 2.75) is 19.1 Å². The van der Waals surface area contributed by atoms with Crippen molar-refractivity contribution < 1.29 is 19.3 Å². The van der Waals surface area contributed by atoms with E-state index < -0.39 is 6.10 Å². The number of hydrogen-bond acceptors (Lipinski definition) is 5. The maximum atomic E-state index is 9.78. The third-order valence-electron chi connectivity index (χ3n) is 3.02. The Labute approximate surface area is 120 Å². The van der Waals surface area contributed by atoms with E-state index in [1.807, 2.05) is 24.3 Å². The van der Waals surface area contributed by atoms with Gasteiger partial charge >= 0.3 is 0 Å². The highest BCUT2D eigenvalue weighted by atomic mass is 16.5. The molecule has 0 aliphatic carbocycles. The Morgan fingerprint density at radius 1 is 1.15 bits per heavy atom. The average Bonchev–Trinajstić information content (AvgIpc) is 2.49. The van der Waals surface area contributed by atoms with Gasteiger partial charge in [0.25, 0.3) is 0 Å². The van der Waals surface area contributed by atoms with Crippen molar-refractivity contribution >= 4 is 0 Å². The summed E-state index contributed by atoms with van der Waals surface area (Å²) in [5, 5.41) is 13.1. The molecule has 1 rings (SSSR count). The topological polar surface area (TPSA) is 60.0 Å². The van der Waals surface area contributed by atoms with Crippen LogP contribution in [-0.4, -0.2) is 51.8 Å². The van der Waals surface area contributed by atoms with Gasteiger partial charge in [-0.3, -0.25) is 0 Å². The Morgan fingerprint density at radius 2 is 1.85 bits per heavy atom. The van der Waals surface area contributed by atoms with E-state index in [4.69, 9.17) is 14.2 Å². The molecule has 20 heavy (non-hydrogen) atoms. The first kappa shape index (κ1) is 16.9. The Balaban J connectivity index is 2.25. The molecule has 0 aliphatic rings. The minimum absolute atomic E-state index is 0.162. The first-order valence-corrected chi connectivity index (χ1v) is 6.79. The second kappa shape index (κ2) is 9.72. The highest BCUT2D eigenvalue weighted by Gasteiger charge is 2.09. The molecule has 114 valence electrons. The van der Waals surface area contributed by atoms with E-state index in [9.17, 15) is 5.11 Å². The molecule has 0 fully saturated rings. The number of nitrogens with one attached hydrogen (secondary N) is 1. The summed E-state index contributed by atoms with van der Waals surface area (Å²) in [6, 6.07) is 8.04. The van der Waals surface area contributed by atoms with Crippen LogP contribution in [0.5, 0.6) is 5.75 Å². The normalized spacial score (nSPS) is 14.0. The van der Waals surface area contributed by atoms with Gasteiger partial charge in [0.15, 0.2) is 0 Å². The van der Waals surface area contributed by atoms with Crippen LogP contribution in [0.15, 0.2) is 24.3 Å². The van der Waals surface area contributed by atoms with Crippen molar-refractivity contribution in [3.05, 3.63) is 29.8 Å². The van der Waals surface area contributed by atoms with Gasteiger partial charge in [-0.15, -0.1) is 0 Å². The van der Waals surface area contributed by atoms with Gasteiger partial charge in [0.05, 0.1) is 33.0 Å². The summed E-state index contributed by atoms with van der Waals surface area (Å²) in [4.78, 5) is 0.